The fraction of sp³-hybridized carbons (Fsp3) is 0.0870. The Bertz CT molecular complexity index is 1240. The van der Waals surface area contributed by atoms with Gasteiger partial charge in [0.25, 0.3) is 0 Å². The highest BCUT2D eigenvalue weighted by Crippen LogP contribution is 2.15. The molecule has 1 heterocycles. The Morgan fingerprint density at radius 2 is 1.59 bits per heavy atom. The monoisotopic (exact) mass is 525 g/mol. The van der Waals surface area contributed by atoms with Crippen molar-refractivity contribution in [1.82, 2.24) is 10.7 Å². The maximum Gasteiger partial charge on any atom is 0.329 e. The summed E-state index contributed by atoms with van der Waals surface area (Å²) in [4.78, 5) is 47.7. The van der Waals surface area contributed by atoms with E-state index in [0.717, 1.165) is 10.0 Å². The van der Waals surface area contributed by atoms with Gasteiger partial charge in [-0.25, -0.2) is 5.43 Å². The lowest BCUT2D eigenvalue weighted by Crippen LogP contribution is -2.34. The average Bonchev–Trinajstić information content (AvgIpc) is 3.26. The van der Waals surface area contributed by atoms with Gasteiger partial charge >= 0.3 is 23.6 Å². The highest BCUT2D eigenvalue weighted by Gasteiger charge is 2.15. The van der Waals surface area contributed by atoms with Crippen molar-refractivity contribution in [3.8, 4) is 0 Å². The molecule has 0 fully saturated rings. The van der Waals surface area contributed by atoms with Crippen LogP contribution in [-0.4, -0.2) is 29.8 Å². The number of carbonyl (C=O) groups excluding carboxylic acids is 4. The molecule has 34 heavy (non-hydrogen) atoms. The number of hydrogen-bond acceptors (Lipinski definition) is 6. The lowest BCUT2D eigenvalue weighted by atomic mass is 10.2. The fourth-order valence-corrected chi connectivity index (χ4v) is 2.99. The number of hydrogen-bond donors (Lipinski definition) is 4. The second-order valence-corrected chi connectivity index (χ2v) is 7.89. The van der Waals surface area contributed by atoms with Crippen LogP contribution in [0.5, 0.6) is 0 Å². The maximum absolute atomic E-state index is 12.0. The number of amides is 4. The topological polar surface area (TPSA) is 142 Å². The van der Waals surface area contributed by atoms with E-state index in [9.17, 15) is 19.2 Å². The molecule has 0 spiro atoms. The van der Waals surface area contributed by atoms with Gasteiger partial charge in [0.15, 0.2) is 0 Å². The number of benzene rings is 2. The van der Waals surface area contributed by atoms with Gasteiger partial charge < -0.3 is 20.4 Å². The molecule has 0 unspecified atom stereocenters. The molecule has 2 aromatic carbocycles. The third-order valence-electron chi connectivity index (χ3n) is 4.27. The second-order valence-electron chi connectivity index (χ2n) is 6.97. The Morgan fingerprint density at radius 3 is 2.32 bits per heavy atom. The van der Waals surface area contributed by atoms with Crippen molar-refractivity contribution < 1.29 is 23.6 Å². The summed E-state index contributed by atoms with van der Waals surface area (Å²) in [6, 6.07) is 16.9. The zero-order valence-electron chi connectivity index (χ0n) is 17.9. The summed E-state index contributed by atoms with van der Waals surface area (Å²) in [5, 5.41) is 11.1. The third kappa shape index (κ3) is 7.41. The zero-order valence-corrected chi connectivity index (χ0v) is 19.5. The van der Waals surface area contributed by atoms with Gasteiger partial charge in [-0.05, 0) is 49.4 Å². The standard InChI is InChI=1S/C23H20BrN5O5/c1-14-5-7-16(8-6-14)27-21(31)20(30)25-12-18-9-10-19(34-18)13-26-29-23(33)22(32)28-17-4-2-3-15(24)11-17/h2-11,13H,12H2,1H3,(H,25,30)(H,27,31)(H,28,32)(H,29,33)/b26-13+. The van der Waals surface area contributed by atoms with Crippen LogP contribution in [0.3, 0.4) is 0 Å². The number of anilines is 2. The number of nitrogens with zero attached hydrogens (tertiary/aromatic N) is 1. The summed E-state index contributed by atoms with van der Waals surface area (Å²) in [5.41, 5.74) is 4.08. The number of aryl methyl sites for hydroxylation is 1. The van der Waals surface area contributed by atoms with Gasteiger partial charge in [0.2, 0.25) is 0 Å². The van der Waals surface area contributed by atoms with E-state index in [0.29, 0.717) is 17.1 Å². The summed E-state index contributed by atoms with van der Waals surface area (Å²) in [6.45, 7) is 1.88. The lowest BCUT2D eigenvalue weighted by Gasteiger charge is -2.05. The summed E-state index contributed by atoms with van der Waals surface area (Å²) in [5.74, 6) is -2.86. The molecular formula is C23H20BrN5O5. The van der Waals surface area contributed by atoms with E-state index >= 15 is 0 Å². The summed E-state index contributed by atoms with van der Waals surface area (Å²) in [7, 11) is 0. The Kier molecular flexibility index (Phi) is 8.30. The van der Waals surface area contributed by atoms with Crippen molar-refractivity contribution in [2.75, 3.05) is 10.6 Å². The number of halogens is 1. The van der Waals surface area contributed by atoms with Crippen molar-refractivity contribution >= 4 is 57.1 Å². The van der Waals surface area contributed by atoms with Crippen molar-refractivity contribution in [3.05, 3.63) is 82.2 Å². The first kappa shape index (κ1) is 24.4. The largest absolute Gasteiger partial charge is 0.458 e. The predicted molar refractivity (Wildman–Crippen MR) is 129 cm³/mol. The molecule has 3 aromatic rings. The molecule has 4 amide bonds. The van der Waals surface area contributed by atoms with E-state index in [4.69, 9.17) is 4.42 Å². The van der Waals surface area contributed by atoms with E-state index in [1.807, 2.05) is 19.1 Å². The van der Waals surface area contributed by atoms with Crippen LogP contribution in [-0.2, 0) is 25.7 Å². The van der Waals surface area contributed by atoms with Crippen molar-refractivity contribution in [3.63, 3.8) is 0 Å². The molecule has 0 aliphatic rings. The number of hydrazone groups is 1. The normalized spacial score (nSPS) is 10.5. The summed E-state index contributed by atoms with van der Waals surface area (Å²) in [6.07, 6.45) is 1.19. The zero-order chi connectivity index (χ0) is 24.5. The van der Waals surface area contributed by atoms with Crippen LogP contribution < -0.4 is 21.4 Å². The second kappa shape index (κ2) is 11.6. The van der Waals surface area contributed by atoms with Crippen LogP contribution in [0.25, 0.3) is 0 Å². The van der Waals surface area contributed by atoms with Crippen molar-refractivity contribution in [1.29, 1.82) is 0 Å². The molecule has 1 aromatic heterocycles. The van der Waals surface area contributed by atoms with Gasteiger partial charge in [0.05, 0.1) is 12.8 Å². The Hall–Kier alpha value is -4.25. The smallest absolute Gasteiger partial charge is 0.329 e. The minimum atomic E-state index is -0.963. The van der Waals surface area contributed by atoms with Crippen molar-refractivity contribution in [2.24, 2.45) is 5.10 Å². The molecule has 3 rings (SSSR count). The molecular weight excluding hydrogens is 506 g/mol. The molecule has 11 heteroatoms. The number of furan rings is 1. The average molecular weight is 526 g/mol. The molecule has 0 bridgehead atoms. The van der Waals surface area contributed by atoms with Crippen molar-refractivity contribution in [2.45, 2.75) is 13.5 Å². The van der Waals surface area contributed by atoms with Crippen LogP contribution in [0, 0.1) is 6.92 Å². The van der Waals surface area contributed by atoms with Gasteiger partial charge in [-0.3, -0.25) is 19.2 Å². The first-order chi connectivity index (χ1) is 16.3. The highest BCUT2D eigenvalue weighted by molar-refractivity contribution is 9.10. The molecule has 0 atom stereocenters. The number of nitrogens with one attached hydrogen (secondary N) is 4. The quantitative estimate of drug-likeness (QED) is 0.222. The van der Waals surface area contributed by atoms with Gasteiger partial charge in [-0.15, -0.1) is 0 Å². The molecule has 0 saturated carbocycles. The van der Waals surface area contributed by atoms with E-state index in [1.165, 1.54) is 6.21 Å². The molecule has 0 aliphatic carbocycles. The minimum absolute atomic E-state index is 0.0323. The third-order valence-corrected chi connectivity index (χ3v) is 4.76. The Morgan fingerprint density at radius 1 is 0.882 bits per heavy atom. The first-order valence-electron chi connectivity index (χ1n) is 9.94. The Balaban J connectivity index is 1.43. The minimum Gasteiger partial charge on any atom is -0.458 e. The summed E-state index contributed by atoms with van der Waals surface area (Å²) >= 11 is 3.27. The molecule has 4 N–H and O–H groups in total. The fourth-order valence-electron chi connectivity index (χ4n) is 2.59. The first-order valence-corrected chi connectivity index (χ1v) is 10.7. The number of rotatable bonds is 6. The highest BCUT2D eigenvalue weighted by atomic mass is 79.9. The number of carbonyl (C=O) groups is 4. The molecule has 0 saturated heterocycles. The molecule has 174 valence electrons. The van der Waals surface area contributed by atoms with Crippen LogP contribution in [0.2, 0.25) is 0 Å². The summed E-state index contributed by atoms with van der Waals surface area (Å²) < 4.78 is 6.19. The van der Waals surface area contributed by atoms with Crippen LogP contribution in [0.15, 0.2) is 74.7 Å². The van der Waals surface area contributed by atoms with Gasteiger partial charge in [0.1, 0.15) is 11.5 Å². The molecule has 0 aliphatic heterocycles. The van der Waals surface area contributed by atoms with E-state index in [-0.39, 0.29) is 12.3 Å². The SMILES string of the molecule is Cc1ccc(NC(=O)C(=O)NCc2ccc(/C=N/NC(=O)C(=O)Nc3cccc(Br)c3)o2)cc1. The molecule has 0 radical (unpaired) electrons. The van der Waals surface area contributed by atoms with E-state index in [1.54, 1.807) is 48.5 Å². The van der Waals surface area contributed by atoms with E-state index in [2.05, 4.69) is 42.4 Å². The lowest BCUT2D eigenvalue weighted by molar-refractivity contribution is -0.136. The Labute approximate surface area is 202 Å². The van der Waals surface area contributed by atoms with Gasteiger partial charge in [-0.1, -0.05) is 39.7 Å². The van der Waals surface area contributed by atoms with Crippen LogP contribution in [0.1, 0.15) is 17.1 Å². The van der Waals surface area contributed by atoms with Gasteiger partial charge in [0, 0.05) is 15.8 Å². The van der Waals surface area contributed by atoms with E-state index < -0.39 is 23.6 Å². The maximum atomic E-state index is 12.0. The molecule has 10 nitrogen and oxygen atoms in total. The van der Waals surface area contributed by atoms with Crippen LogP contribution >= 0.6 is 15.9 Å². The van der Waals surface area contributed by atoms with Gasteiger partial charge in [-0.2, -0.15) is 5.10 Å². The predicted octanol–water partition coefficient (Wildman–Crippen LogP) is 2.69. The van der Waals surface area contributed by atoms with Crippen LogP contribution in [0.4, 0.5) is 11.4 Å².